The maximum Gasteiger partial charge on any atom is 0.220 e. The summed E-state index contributed by atoms with van der Waals surface area (Å²) < 4.78 is 22.9. The first-order valence-corrected chi connectivity index (χ1v) is 43.2. The van der Waals surface area contributed by atoms with Crippen LogP contribution in [0.5, 0.6) is 0 Å². The fourth-order valence-corrected chi connectivity index (χ4v) is 14.5. The van der Waals surface area contributed by atoms with Crippen LogP contribution in [-0.2, 0) is 23.7 Å². The molecule has 0 spiro atoms. The Morgan fingerprint density at radius 3 is 0.980 bits per heavy atom. The third-order valence-corrected chi connectivity index (χ3v) is 21.3. The SMILES string of the molecule is CCCCCCCCCC/C=C\CCCCCCCCCCCCCCCCCCCCCCCCCCCCCC(=O)NC(COC1OC(CO)C(OC2OC(CO)C(O)C(O)C2O)C(O)C1O)C(O)/C=C/CC/C=C/CCCCCCCCCCCCCCCCCCCCCCC. The highest BCUT2D eigenvalue weighted by Crippen LogP contribution is 2.31. The third kappa shape index (κ3) is 52.2. The second-order valence-corrected chi connectivity index (χ2v) is 30.7. The number of nitrogens with one attached hydrogen (secondary N) is 1. The first-order chi connectivity index (χ1) is 49.1. The molecule has 14 heteroatoms. The van der Waals surface area contributed by atoms with Gasteiger partial charge in [-0.05, 0) is 57.8 Å². The Hall–Kier alpha value is -1.79. The predicted octanol–water partition coefficient (Wildman–Crippen LogP) is 20.4. The van der Waals surface area contributed by atoms with Gasteiger partial charge in [0, 0.05) is 6.42 Å². The Kier molecular flexibility index (Phi) is 66.2. The summed E-state index contributed by atoms with van der Waals surface area (Å²) in [5.74, 6) is -0.240. The van der Waals surface area contributed by atoms with Crippen LogP contribution in [0.2, 0.25) is 0 Å². The van der Waals surface area contributed by atoms with Crippen molar-refractivity contribution in [2.24, 2.45) is 0 Å². The number of carbonyl (C=O) groups excluding carboxylic acids is 1. The Morgan fingerprint density at radius 1 is 0.350 bits per heavy atom. The monoisotopic (exact) mass is 1420 g/mol. The van der Waals surface area contributed by atoms with Crippen molar-refractivity contribution in [3.8, 4) is 0 Å². The van der Waals surface area contributed by atoms with Crippen LogP contribution in [0.1, 0.15) is 412 Å². The molecule has 590 valence electrons. The molecule has 9 N–H and O–H groups in total. The summed E-state index contributed by atoms with van der Waals surface area (Å²) in [5.41, 5.74) is 0. The average molecular weight is 1420 g/mol. The molecular formula is C86H163NO13. The third-order valence-electron chi connectivity index (χ3n) is 21.3. The summed E-state index contributed by atoms with van der Waals surface area (Å²) in [6, 6.07) is -0.932. The number of amides is 1. The molecular weight excluding hydrogens is 1250 g/mol. The van der Waals surface area contributed by atoms with Crippen molar-refractivity contribution < 1.29 is 64.6 Å². The number of hydrogen-bond acceptors (Lipinski definition) is 13. The first-order valence-electron chi connectivity index (χ1n) is 43.2. The normalized spacial score (nSPS) is 21.9. The zero-order chi connectivity index (χ0) is 72.2. The van der Waals surface area contributed by atoms with Crippen molar-refractivity contribution in [2.45, 2.75) is 485 Å². The zero-order valence-corrected chi connectivity index (χ0v) is 65.0. The highest BCUT2D eigenvalue weighted by molar-refractivity contribution is 5.76. The van der Waals surface area contributed by atoms with Crippen molar-refractivity contribution in [3.05, 3.63) is 36.5 Å². The van der Waals surface area contributed by atoms with E-state index < -0.39 is 86.8 Å². The van der Waals surface area contributed by atoms with Gasteiger partial charge >= 0.3 is 0 Å². The maximum atomic E-state index is 13.4. The fraction of sp³-hybridized carbons (Fsp3) is 0.919. The van der Waals surface area contributed by atoms with Gasteiger partial charge in [-0.3, -0.25) is 4.79 Å². The number of rotatable bonds is 74. The van der Waals surface area contributed by atoms with Gasteiger partial charge in [-0.15, -0.1) is 0 Å². The van der Waals surface area contributed by atoms with Crippen molar-refractivity contribution in [3.63, 3.8) is 0 Å². The Morgan fingerprint density at radius 2 is 0.640 bits per heavy atom. The smallest absolute Gasteiger partial charge is 0.220 e. The van der Waals surface area contributed by atoms with Crippen LogP contribution in [-0.4, -0.2) is 140 Å². The zero-order valence-electron chi connectivity index (χ0n) is 65.0. The van der Waals surface area contributed by atoms with Crippen LogP contribution in [0.4, 0.5) is 0 Å². The van der Waals surface area contributed by atoms with E-state index in [1.807, 2.05) is 6.08 Å². The van der Waals surface area contributed by atoms with E-state index in [0.29, 0.717) is 12.8 Å². The molecule has 2 fully saturated rings. The van der Waals surface area contributed by atoms with Gasteiger partial charge in [-0.25, -0.2) is 0 Å². The number of hydrogen-bond donors (Lipinski definition) is 9. The molecule has 2 rings (SSSR count). The molecule has 0 radical (unpaired) electrons. The van der Waals surface area contributed by atoms with Gasteiger partial charge in [0.05, 0.1) is 32.0 Å². The number of carbonyl (C=O) groups is 1. The molecule has 2 saturated heterocycles. The van der Waals surface area contributed by atoms with Gasteiger partial charge in [-0.2, -0.15) is 0 Å². The molecule has 0 aliphatic carbocycles. The number of aliphatic hydroxyl groups is 8. The van der Waals surface area contributed by atoms with Crippen molar-refractivity contribution in [1.29, 1.82) is 0 Å². The van der Waals surface area contributed by atoms with Gasteiger partial charge in [0.1, 0.15) is 48.8 Å². The maximum absolute atomic E-state index is 13.4. The van der Waals surface area contributed by atoms with Gasteiger partial charge in [0.15, 0.2) is 12.6 Å². The number of allylic oxidation sites excluding steroid dienone is 5. The lowest BCUT2D eigenvalue weighted by Gasteiger charge is -2.46. The lowest BCUT2D eigenvalue weighted by molar-refractivity contribution is -0.359. The summed E-state index contributed by atoms with van der Waals surface area (Å²) in [6.45, 7) is 2.85. The number of aliphatic hydroxyl groups excluding tert-OH is 8. The van der Waals surface area contributed by atoms with E-state index in [4.69, 9.17) is 18.9 Å². The van der Waals surface area contributed by atoms with Crippen LogP contribution in [0.25, 0.3) is 0 Å². The lowest BCUT2D eigenvalue weighted by atomic mass is 9.97. The van der Waals surface area contributed by atoms with E-state index in [1.54, 1.807) is 6.08 Å². The van der Waals surface area contributed by atoms with Gasteiger partial charge in [0.25, 0.3) is 0 Å². The quantitative estimate of drug-likeness (QED) is 0.0204. The summed E-state index contributed by atoms with van der Waals surface area (Å²) in [4.78, 5) is 13.4. The highest BCUT2D eigenvalue weighted by Gasteiger charge is 2.51. The lowest BCUT2D eigenvalue weighted by Crippen LogP contribution is -2.65. The molecule has 12 atom stereocenters. The van der Waals surface area contributed by atoms with E-state index in [9.17, 15) is 45.6 Å². The molecule has 0 saturated carbocycles. The number of unbranched alkanes of at least 4 members (excludes halogenated alkanes) is 57. The van der Waals surface area contributed by atoms with E-state index in [-0.39, 0.29) is 18.9 Å². The standard InChI is InChI=1S/C86H163NO13/c1-3-5-7-9-11-13-15-17-19-21-23-25-27-29-31-32-33-34-35-36-37-38-39-40-41-42-44-46-48-50-52-54-56-58-60-62-64-66-68-70-78(91)87-74(73-97-85-83(96)81(94)84(77(72-89)99-85)100-86-82(95)80(93)79(92)76(71-88)98-86)75(90)69-67-65-63-61-59-57-55-53-51-49-47-45-43-30-28-26-24-22-20-18-16-14-12-10-8-6-4-2/h21,23,59,61,67,69,74-77,79-86,88-90,92-96H,3-20,22,24-58,60,62-66,68,70-73H2,1-2H3,(H,87,91)/b23-21-,61-59+,69-67+. The van der Waals surface area contributed by atoms with Gasteiger partial charge in [0.2, 0.25) is 5.91 Å². The molecule has 2 aliphatic heterocycles. The number of ether oxygens (including phenoxy) is 4. The Balaban J connectivity index is 1.57. The van der Waals surface area contributed by atoms with Gasteiger partial charge < -0.3 is 65.1 Å². The van der Waals surface area contributed by atoms with E-state index in [0.717, 1.165) is 32.1 Å². The van der Waals surface area contributed by atoms with Crippen LogP contribution in [0.15, 0.2) is 36.5 Å². The van der Waals surface area contributed by atoms with Crippen molar-refractivity contribution in [1.82, 2.24) is 5.32 Å². The fourth-order valence-electron chi connectivity index (χ4n) is 14.5. The molecule has 2 aliphatic rings. The summed E-state index contributed by atoms with van der Waals surface area (Å²) >= 11 is 0. The minimum Gasteiger partial charge on any atom is -0.394 e. The summed E-state index contributed by atoms with van der Waals surface area (Å²) in [5, 5.41) is 87.7. The van der Waals surface area contributed by atoms with Crippen molar-refractivity contribution in [2.75, 3.05) is 19.8 Å². The molecule has 0 aromatic rings. The molecule has 100 heavy (non-hydrogen) atoms. The van der Waals surface area contributed by atoms with Crippen molar-refractivity contribution >= 4 is 5.91 Å². The van der Waals surface area contributed by atoms with Crippen LogP contribution in [0, 0.1) is 0 Å². The van der Waals surface area contributed by atoms with Crippen LogP contribution in [0.3, 0.4) is 0 Å². The van der Waals surface area contributed by atoms with E-state index in [2.05, 4.69) is 43.5 Å². The highest BCUT2D eigenvalue weighted by atomic mass is 16.7. The van der Waals surface area contributed by atoms with E-state index in [1.165, 1.54) is 347 Å². The van der Waals surface area contributed by atoms with Crippen LogP contribution >= 0.6 is 0 Å². The Bertz CT molecular complexity index is 1820. The topological polar surface area (TPSA) is 228 Å². The summed E-state index contributed by atoms with van der Waals surface area (Å²) in [6.07, 6.45) is 76.9. The average Bonchev–Trinajstić information content (AvgIpc) is 0.796. The molecule has 14 nitrogen and oxygen atoms in total. The predicted molar refractivity (Wildman–Crippen MR) is 415 cm³/mol. The molecule has 0 bridgehead atoms. The minimum absolute atomic E-state index is 0.240. The summed E-state index contributed by atoms with van der Waals surface area (Å²) in [7, 11) is 0. The molecule has 12 unspecified atom stereocenters. The van der Waals surface area contributed by atoms with Crippen LogP contribution < -0.4 is 5.32 Å². The largest absolute Gasteiger partial charge is 0.394 e. The first kappa shape index (κ1) is 94.3. The Labute approximate surface area is 614 Å². The second-order valence-electron chi connectivity index (χ2n) is 30.7. The van der Waals surface area contributed by atoms with E-state index >= 15 is 0 Å². The molecule has 1 amide bonds. The minimum atomic E-state index is -1.79. The molecule has 2 heterocycles. The molecule has 0 aromatic heterocycles. The van der Waals surface area contributed by atoms with Gasteiger partial charge in [-0.1, -0.05) is 384 Å². The second kappa shape index (κ2) is 70.2. The molecule has 0 aromatic carbocycles.